The zero-order chi connectivity index (χ0) is 23.6. The SMILES string of the molecule is N#Cc1oc2ccccc2c1NC(=O)COc1ccc(S(=O)(=O)N2CCCC2)cc1C(N)=O. The molecular formula is C22H20N4O6S. The largest absolute Gasteiger partial charge is 0.483 e. The van der Waals surface area contributed by atoms with E-state index in [2.05, 4.69) is 5.32 Å². The molecule has 3 N–H and O–H groups in total. The molecule has 10 nitrogen and oxygen atoms in total. The molecule has 1 fully saturated rings. The number of sulfonamides is 1. The Balaban J connectivity index is 1.52. The van der Waals surface area contributed by atoms with Crippen LogP contribution in [0.1, 0.15) is 29.0 Å². The standard InChI is InChI=1S/C22H20N4O6S/c23-12-19-21(15-5-1-2-6-18(15)32-19)25-20(27)13-31-17-8-7-14(11-16(17)22(24)28)33(29,30)26-9-3-4-10-26/h1-2,5-8,11H,3-4,9-10,13H2,(H2,24,28)(H,25,27). The highest BCUT2D eigenvalue weighted by atomic mass is 32.2. The molecule has 0 aliphatic carbocycles. The quantitative estimate of drug-likeness (QED) is 0.538. The van der Waals surface area contributed by atoms with Gasteiger partial charge in [-0.05, 0) is 43.2 Å². The van der Waals surface area contributed by atoms with E-state index in [9.17, 15) is 23.3 Å². The molecular weight excluding hydrogens is 448 g/mol. The van der Waals surface area contributed by atoms with Crippen LogP contribution in [-0.2, 0) is 14.8 Å². The summed E-state index contributed by atoms with van der Waals surface area (Å²) in [6, 6.07) is 12.5. The van der Waals surface area contributed by atoms with E-state index in [1.165, 1.54) is 16.4 Å². The normalized spacial score (nSPS) is 14.2. The van der Waals surface area contributed by atoms with E-state index in [1.54, 1.807) is 24.3 Å². The van der Waals surface area contributed by atoms with Crippen LogP contribution in [0.5, 0.6) is 5.75 Å². The molecule has 1 saturated heterocycles. The lowest BCUT2D eigenvalue weighted by Gasteiger charge is -2.17. The van der Waals surface area contributed by atoms with Gasteiger partial charge in [-0.3, -0.25) is 9.59 Å². The topological polar surface area (TPSA) is 156 Å². The van der Waals surface area contributed by atoms with E-state index in [0.717, 1.165) is 18.9 Å². The number of carbonyl (C=O) groups is 2. The van der Waals surface area contributed by atoms with Crippen molar-refractivity contribution in [3.63, 3.8) is 0 Å². The molecule has 0 bridgehead atoms. The van der Waals surface area contributed by atoms with E-state index in [-0.39, 0.29) is 27.7 Å². The summed E-state index contributed by atoms with van der Waals surface area (Å²) in [6.45, 7) is 0.322. The summed E-state index contributed by atoms with van der Waals surface area (Å²) in [5, 5.41) is 12.4. The Hall–Kier alpha value is -3.88. The number of hydrogen-bond donors (Lipinski definition) is 2. The number of nitrogens with one attached hydrogen (secondary N) is 1. The van der Waals surface area contributed by atoms with E-state index in [1.807, 2.05) is 6.07 Å². The zero-order valence-electron chi connectivity index (χ0n) is 17.4. The molecule has 1 aliphatic rings. The molecule has 33 heavy (non-hydrogen) atoms. The Morgan fingerprint density at radius 3 is 2.61 bits per heavy atom. The van der Waals surface area contributed by atoms with Gasteiger partial charge in [0.2, 0.25) is 15.8 Å². The van der Waals surface area contributed by atoms with E-state index >= 15 is 0 Å². The van der Waals surface area contributed by atoms with Gasteiger partial charge in [0.15, 0.2) is 6.61 Å². The average Bonchev–Trinajstić information content (AvgIpc) is 3.46. The number of fused-ring (bicyclic) bond motifs is 1. The molecule has 0 unspecified atom stereocenters. The molecule has 0 atom stereocenters. The first-order valence-corrected chi connectivity index (χ1v) is 11.5. The second-order valence-electron chi connectivity index (χ2n) is 7.38. The number of hydrogen-bond acceptors (Lipinski definition) is 7. The van der Waals surface area contributed by atoms with Gasteiger partial charge in [0.25, 0.3) is 11.8 Å². The zero-order valence-corrected chi connectivity index (χ0v) is 18.2. The van der Waals surface area contributed by atoms with Crippen molar-refractivity contribution >= 4 is 38.5 Å². The monoisotopic (exact) mass is 468 g/mol. The number of benzene rings is 2. The fourth-order valence-electron chi connectivity index (χ4n) is 3.63. The van der Waals surface area contributed by atoms with Crippen LogP contribution in [0.15, 0.2) is 51.8 Å². The number of amides is 2. The lowest BCUT2D eigenvalue weighted by molar-refractivity contribution is -0.118. The Labute approximate surface area is 189 Å². The number of carbonyl (C=O) groups excluding carboxylic acids is 2. The third kappa shape index (κ3) is 4.39. The van der Waals surface area contributed by atoms with Crippen molar-refractivity contribution in [2.24, 2.45) is 5.73 Å². The fourth-order valence-corrected chi connectivity index (χ4v) is 5.18. The smallest absolute Gasteiger partial charge is 0.262 e. The number of ether oxygens (including phenoxy) is 1. The molecule has 1 aromatic heterocycles. The highest BCUT2D eigenvalue weighted by molar-refractivity contribution is 7.89. The number of nitrogens with zero attached hydrogens (tertiary/aromatic N) is 2. The van der Waals surface area contributed by atoms with Crippen molar-refractivity contribution in [2.45, 2.75) is 17.7 Å². The summed E-state index contributed by atoms with van der Waals surface area (Å²) in [4.78, 5) is 24.3. The maximum atomic E-state index is 12.8. The van der Waals surface area contributed by atoms with Crippen LogP contribution in [0.2, 0.25) is 0 Å². The summed E-state index contributed by atoms with van der Waals surface area (Å²) in [7, 11) is -3.76. The van der Waals surface area contributed by atoms with Crippen LogP contribution in [-0.4, -0.2) is 44.2 Å². The average molecular weight is 468 g/mol. The van der Waals surface area contributed by atoms with Gasteiger partial charge in [-0.25, -0.2) is 8.42 Å². The Kier molecular flexibility index (Phi) is 6.04. The maximum Gasteiger partial charge on any atom is 0.262 e. The highest BCUT2D eigenvalue weighted by Gasteiger charge is 2.28. The van der Waals surface area contributed by atoms with E-state index < -0.39 is 28.4 Å². The van der Waals surface area contributed by atoms with E-state index in [0.29, 0.717) is 24.1 Å². The van der Waals surface area contributed by atoms with Crippen LogP contribution in [0.3, 0.4) is 0 Å². The van der Waals surface area contributed by atoms with Crippen molar-refractivity contribution < 1.29 is 27.2 Å². The minimum absolute atomic E-state index is 0.0319. The lowest BCUT2D eigenvalue weighted by atomic mass is 10.2. The van der Waals surface area contributed by atoms with Gasteiger partial charge in [-0.1, -0.05) is 12.1 Å². The van der Waals surface area contributed by atoms with Gasteiger partial charge in [-0.15, -0.1) is 0 Å². The molecule has 0 radical (unpaired) electrons. The molecule has 11 heteroatoms. The van der Waals surface area contributed by atoms with Crippen LogP contribution >= 0.6 is 0 Å². The Bertz CT molecular complexity index is 1380. The second-order valence-corrected chi connectivity index (χ2v) is 9.32. The van der Waals surface area contributed by atoms with E-state index in [4.69, 9.17) is 14.9 Å². The molecule has 3 aromatic rings. The molecule has 2 amide bonds. The lowest BCUT2D eigenvalue weighted by Crippen LogP contribution is -2.28. The highest BCUT2D eigenvalue weighted by Crippen LogP contribution is 2.30. The number of nitrogens with two attached hydrogens (primary N) is 1. The van der Waals surface area contributed by atoms with Crippen molar-refractivity contribution in [3.05, 3.63) is 53.8 Å². The van der Waals surface area contributed by atoms with Gasteiger partial charge in [0.1, 0.15) is 23.1 Å². The first-order chi connectivity index (χ1) is 15.8. The maximum absolute atomic E-state index is 12.8. The fraction of sp³-hybridized carbons (Fsp3) is 0.227. The second kappa shape index (κ2) is 8.93. The van der Waals surface area contributed by atoms with Crippen molar-refractivity contribution in [1.82, 2.24) is 4.31 Å². The van der Waals surface area contributed by atoms with Crippen molar-refractivity contribution in [2.75, 3.05) is 25.0 Å². The molecule has 0 saturated carbocycles. The minimum Gasteiger partial charge on any atom is -0.483 e. The molecule has 2 aromatic carbocycles. The Morgan fingerprint density at radius 1 is 1.18 bits per heavy atom. The summed E-state index contributed by atoms with van der Waals surface area (Å²) >= 11 is 0. The van der Waals surface area contributed by atoms with Crippen LogP contribution in [0.25, 0.3) is 11.0 Å². The van der Waals surface area contributed by atoms with Crippen molar-refractivity contribution in [3.8, 4) is 11.8 Å². The predicted molar refractivity (Wildman–Crippen MR) is 118 cm³/mol. The van der Waals surface area contributed by atoms with Crippen molar-refractivity contribution in [1.29, 1.82) is 5.26 Å². The number of primary amides is 1. The third-order valence-corrected chi connectivity index (χ3v) is 7.13. The molecule has 4 rings (SSSR count). The summed E-state index contributed by atoms with van der Waals surface area (Å²) in [5.41, 5.74) is 5.91. The van der Waals surface area contributed by atoms with Gasteiger partial charge in [-0.2, -0.15) is 9.57 Å². The van der Waals surface area contributed by atoms with Crippen LogP contribution in [0.4, 0.5) is 5.69 Å². The number of nitriles is 1. The van der Waals surface area contributed by atoms with Gasteiger partial charge in [0, 0.05) is 18.5 Å². The molecule has 2 heterocycles. The third-order valence-electron chi connectivity index (χ3n) is 5.24. The van der Waals surface area contributed by atoms with Gasteiger partial charge >= 0.3 is 0 Å². The predicted octanol–water partition coefficient (Wildman–Crippen LogP) is 2.21. The first kappa shape index (κ1) is 22.3. The van der Waals surface area contributed by atoms with Gasteiger partial charge < -0.3 is 20.2 Å². The van der Waals surface area contributed by atoms with Gasteiger partial charge in [0.05, 0.1) is 10.5 Å². The Morgan fingerprint density at radius 2 is 1.91 bits per heavy atom. The summed E-state index contributed by atoms with van der Waals surface area (Å²) in [6.07, 6.45) is 1.55. The number of furan rings is 1. The minimum atomic E-state index is -3.76. The first-order valence-electron chi connectivity index (χ1n) is 10.1. The number of anilines is 1. The number of para-hydroxylation sites is 1. The molecule has 1 aliphatic heterocycles. The summed E-state index contributed by atoms with van der Waals surface area (Å²) < 4.78 is 37.7. The number of rotatable bonds is 7. The summed E-state index contributed by atoms with van der Waals surface area (Å²) in [5.74, 6) is -1.59. The van der Waals surface area contributed by atoms with Crippen LogP contribution in [0, 0.1) is 11.3 Å². The molecule has 170 valence electrons. The van der Waals surface area contributed by atoms with Crippen LogP contribution < -0.4 is 15.8 Å². The molecule has 0 spiro atoms.